The molecule has 2 atom stereocenters. The molecule has 1 aromatic heterocycles. The van der Waals surface area contributed by atoms with E-state index < -0.39 is 0 Å². The van der Waals surface area contributed by atoms with Crippen molar-refractivity contribution in [2.24, 2.45) is 5.73 Å². The highest BCUT2D eigenvalue weighted by molar-refractivity contribution is 7.80. The molecular weight excluding hydrogens is 258 g/mol. The van der Waals surface area contributed by atoms with Crippen LogP contribution in [0.15, 0.2) is 12.3 Å². The molecule has 0 bridgehead atoms. The zero-order valence-electron chi connectivity index (χ0n) is 10.9. The first kappa shape index (κ1) is 12.7. The molecule has 3 heterocycles. The van der Waals surface area contributed by atoms with Crippen molar-refractivity contribution < 1.29 is 0 Å². The fourth-order valence-electron chi connectivity index (χ4n) is 3.23. The van der Waals surface area contributed by atoms with E-state index in [4.69, 9.17) is 18.0 Å². The average Bonchev–Trinajstić information content (AvgIpc) is 2.83. The number of anilines is 1. The van der Waals surface area contributed by atoms with Crippen LogP contribution in [0.2, 0.25) is 0 Å². The van der Waals surface area contributed by atoms with Gasteiger partial charge >= 0.3 is 0 Å². The minimum Gasteiger partial charge on any atom is -0.389 e. The zero-order valence-corrected chi connectivity index (χ0v) is 11.7. The van der Waals surface area contributed by atoms with Crippen LogP contribution < -0.4 is 11.1 Å². The van der Waals surface area contributed by atoms with Crippen LogP contribution in [-0.4, -0.2) is 45.3 Å². The number of nitrogens with zero attached hydrogens (tertiary/aromatic N) is 3. The van der Waals surface area contributed by atoms with Crippen LogP contribution in [-0.2, 0) is 0 Å². The van der Waals surface area contributed by atoms with Crippen molar-refractivity contribution >= 4 is 23.0 Å². The van der Waals surface area contributed by atoms with E-state index in [1.807, 2.05) is 6.07 Å². The Morgan fingerprint density at radius 3 is 3.11 bits per heavy atom. The Morgan fingerprint density at radius 2 is 2.26 bits per heavy atom. The molecule has 5 nitrogen and oxygen atoms in total. The fraction of sp³-hybridized carbons (Fsp3) is 0.615. The first-order valence-electron chi connectivity index (χ1n) is 6.88. The van der Waals surface area contributed by atoms with Gasteiger partial charge in [-0.1, -0.05) is 18.6 Å². The summed E-state index contributed by atoms with van der Waals surface area (Å²) < 4.78 is 0. The van der Waals surface area contributed by atoms with Crippen molar-refractivity contribution in [1.29, 1.82) is 0 Å². The van der Waals surface area contributed by atoms with Crippen molar-refractivity contribution in [3.05, 3.63) is 17.8 Å². The molecule has 0 amide bonds. The molecule has 19 heavy (non-hydrogen) atoms. The number of hydrogen-bond acceptors (Lipinski definition) is 5. The molecule has 6 heteroatoms. The summed E-state index contributed by atoms with van der Waals surface area (Å²) in [5, 5.41) is 11.6. The average molecular weight is 277 g/mol. The lowest BCUT2D eigenvalue weighted by Gasteiger charge is -2.32. The lowest BCUT2D eigenvalue weighted by molar-refractivity contribution is 0.192. The lowest BCUT2D eigenvalue weighted by Crippen LogP contribution is -2.42. The molecule has 2 aliphatic heterocycles. The molecule has 3 N–H and O–H groups in total. The molecule has 1 aromatic rings. The Bertz CT molecular complexity index is 478. The van der Waals surface area contributed by atoms with Gasteiger partial charge in [-0.05, 0) is 31.9 Å². The molecule has 3 rings (SSSR count). The van der Waals surface area contributed by atoms with Crippen LogP contribution in [0.1, 0.15) is 31.2 Å². The van der Waals surface area contributed by atoms with Gasteiger partial charge in [0.1, 0.15) is 4.99 Å². The Balaban J connectivity index is 1.76. The predicted octanol–water partition coefficient (Wildman–Crippen LogP) is 1.15. The zero-order chi connectivity index (χ0) is 13.2. The largest absolute Gasteiger partial charge is 0.389 e. The lowest BCUT2D eigenvalue weighted by atomic mass is 9.99. The molecule has 102 valence electrons. The second kappa shape index (κ2) is 5.38. The standard InChI is InChI=1S/C13H19N5S/c14-12(19)9-4-6-15-17-13(9)16-10-5-8-18-7-2-1-3-11(10)18/h4,6,10-11H,1-3,5,7-8H2,(H2,14,19)(H,16,17). The van der Waals surface area contributed by atoms with Crippen LogP contribution in [0.5, 0.6) is 0 Å². The Labute approximate surface area is 118 Å². The molecule has 2 unspecified atom stereocenters. The third kappa shape index (κ3) is 2.55. The van der Waals surface area contributed by atoms with Crippen LogP contribution in [0, 0.1) is 0 Å². The van der Waals surface area contributed by atoms with E-state index in [2.05, 4.69) is 20.4 Å². The topological polar surface area (TPSA) is 67.1 Å². The molecule has 0 aromatic carbocycles. The maximum absolute atomic E-state index is 5.73. The number of nitrogens with one attached hydrogen (secondary N) is 1. The van der Waals surface area contributed by atoms with Crippen molar-refractivity contribution in [1.82, 2.24) is 15.1 Å². The van der Waals surface area contributed by atoms with Gasteiger partial charge in [0.25, 0.3) is 0 Å². The molecule has 0 aliphatic carbocycles. The van der Waals surface area contributed by atoms with Gasteiger partial charge in [-0.2, -0.15) is 5.10 Å². The van der Waals surface area contributed by atoms with Crippen molar-refractivity contribution in [3.8, 4) is 0 Å². The summed E-state index contributed by atoms with van der Waals surface area (Å²) in [6, 6.07) is 2.88. The van der Waals surface area contributed by atoms with Crippen LogP contribution in [0.4, 0.5) is 5.82 Å². The maximum atomic E-state index is 5.73. The van der Waals surface area contributed by atoms with E-state index in [0.717, 1.165) is 17.8 Å². The Kier molecular flexibility index (Phi) is 3.61. The maximum Gasteiger partial charge on any atom is 0.159 e. The van der Waals surface area contributed by atoms with Crippen LogP contribution in [0.3, 0.4) is 0 Å². The predicted molar refractivity (Wildman–Crippen MR) is 79.2 cm³/mol. The summed E-state index contributed by atoms with van der Waals surface area (Å²) in [6.45, 7) is 2.40. The van der Waals surface area contributed by atoms with E-state index in [1.54, 1.807) is 6.20 Å². The Hall–Kier alpha value is -1.27. The van der Waals surface area contributed by atoms with E-state index in [1.165, 1.54) is 32.4 Å². The quantitative estimate of drug-likeness (QED) is 0.808. The van der Waals surface area contributed by atoms with Crippen molar-refractivity contribution in [3.63, 3.8) is 0 Å². The summed E-state index contributed by atoms with van der Waals surface area (Å²) >= 11 is 5.07. The van der Waals surface area contributed by atoms with Gasteiger partial charge in [0.2, 0.25) is 0 Å². The second-order valence-corrected chi connectivity index (χ2v) is 5.74. The number of thiocarbonyl (C=S) groups is 1. The molecule has 2 fully saturated rings. The number of rotatable bonds is 3. The van der Waals surface area contributed by atoms with Crippen molar-refractivity contribution in [2.45, 2.75) is 37.8 Å². The molecule has 0 radical (unpaired) electrons. The molecule has 2 saturated heterocycles. The summed E-state index contributed by atoms with van der Waals surface area (Å²) in [5.41, 5.74) is 6.52. The van der Waals surface area contributed by atoms with E-state index in [-0.39, 0.29) is 0 Å². The van der Waals surface area contributed by atoms with Gasteiger partial charge in [0.15, 0.2) is 5.82 Å². The highest BCUT2D eigenvalue weighted by Gasteiger charge is 2.35. The summed E-state index contributed by atoms with van der Waals surface area (Å²) in [4.78, 5) is 2.95. The molecular formula is C13H19N5S. The van der Waals surface area contributed by atoms with Crippen LogP contribution >= 0.6 is 12.2 Å². The fourth-order valence-corrected chi connectivity index (χ4v) is 3.39. The minimum absolute atomic E-state index is 0.371. The third-order valence-corrected chi connectivity index (χ3v) is 4.38. The molecule has 0 saturated carbocycles. The number of piperidine rings is 1. The van der Waals surface area contributed by atoms with E-state index in [0.29, 0.717) is 17.1 Å². The first-order chi connectivity index (χ1) is 9.25. The van der Waals surface area contributed by atoms with Gasteiger partial charge in [-0.3, -0.25) is 4.90 Å². The summed E-state index contributed by atoms with van der Waals surface area (Å²) in [5.74, 6) is 0.729. The van der Waals surface area contributed by atoms with Crippen molar-refractivity contribution in [2.75, 3.05) is 18.4 Å². The number of fused-ring (bicyclic) bond motifs is 1. The summed E-state index contributed by atoms with van der Waals surface area (Å²) in [6.07, 6.45) is 6.69. The second-order valence-electron chi connectivity index (χ2n) is 5.30. The van der Waals surface area contributed by atoms with Gasteiger partial charge < -0.3 is 11.1 Å². The number of aromatic nitrogens is 2. The smallest absolute Gasteiger partial charge is 0.159 e. The third-order valence-electron chi connectivity index (χ3n) is 4.16. The van der Waals surface area contributed by atoms with E-state index in [9.17, 15) is 0 Å². The van der Waals surface area contributed by atoms with Crippen LogP contribution in [0.25, 0.3) is 0 Å². The van der Waals surface area contributed by atoms with Gasteiger partial charge in [0.05, 0.1) is 11.8 Å². The minimum atomic E-state index is 0.371. The number of nitrogens with two attached hydrogens (primary N) is 1. The Morgan fingerprint density at radius 1 is 1.37 bits per heavy atom. The molecule has 0 spiro atoms. The SMILES string of the molecule is NC(=S)c1ccnnc1NC1CCN2CCCCC12. The van der Waals surface area contributed by atoms with E-state index >= 15 is 0 Å². The monoisotopic (exact) mass is 277 g/mol. The highest BCUT2D eigenvalue weighted by atomic mass is 32.1. The highest BCUT2D eigenvalue weighted by Crippen LogP contribution is 2.29. The summed E-state index contributed by atoms with van der Waals surface area (Å²) in [7, 11) is 0. The number of hydrogen-bond donors (Lipinski definition) is 2. The van der Waals surface area contributed by atoms with Gasteiger partial charge in [-0.25, -0.2) is 0 Å². The normalized spacial score (nSPS) is 26.9. The van der Waals surface area contributed by atoms with Gasteiger partial charge in [-0.15, -0.1) is 5.10 Å². The molecule has 2 aliphatic rings. The first-order valence-corrected chi connectivity index (χ1v) is 7.28. The van der Waals surface area contributed by atoms with Gasteiger partial charge in [0, 0.05) is 18.6 Å².